The maximum Gasteiger partial charge on any atom is 0.292 e. The van der Waals surface area contributed by atoms with Crippen LogP contribution in [0.4, 0.5) is 0 Å². The molecule has 1 aromatic heterocycles. The Morgan fingerprint density at radius 2 is 2.14 bits per heavy atom. The Bertz CT molecular complexity index is 411. The van der Waals surface area contributed by atoms with E-state index in [0.29, 0.717) is 6.47 Å². The highest BCUT2D eigenvalue weighted by Crippen LogP contribution is 2.16. The summed E-state index contributed by atoms with van der Waals surface area (Å²) < 4.78 is 3.86. The van der Waals surface area contributed by atoms with Crippen molar-refractivity contribution in [2.45, 2.75) is 0 Å². The smallest absolute Gasteiger partial charge is 0.292 e. The van der Waals surface area contributed by atoms with E-state index in [4.69, 9.17) is 16.4 Å². The topological polar surface area (TPSA) is 42.1 Å². The molecule has 0 amide bonds. The second kappa shape index (κ2) is 5.29. The molecule has 0 unspecified atom stereocenters. The maximum atomic E-state index is 8.95. The Hall–Kier alpha value is -1.48. The maximum absolute atomic E-state index is 8.95. The first-order valence-electron chi connectivity index (χ1n) is 3.97. The summed E-state index contributed by atoms with van der Waals surface area (Å²) in [7, 11) is 1.31. The van der Waals surface area contributed by atoms with Crippen LogP contribution in [-0.2, 0) is 9.53 Å². The predicted octanol–water partition coefficient (Wildman–Crippen LogP) is 2.61. The van der Waals surface area contributed by atoms with Gasteiger partial charge in [-0.1, -0.05) is 17.7 Å². The van der Waals surface area contributed by atoms with Gasteiger partial charge in [0.15, 0.2) is 0 Å². The molecule has 14 heavy (non-hydrogen) atoms. The van der Waals surface area contributed by atoms with Crippen molar-refractivity contribution in [1.82, 2.24) is 4.98 Å². The fourth-order valence-electron chi connectivity index (χ4n) is 1.02. The summed E-state index contributed by atoms with van der Waals surface area (Å²) in [4.78, 5) is 12.0. The van der Waals surface area contributed by atoms with Gasteiger partial charge in [0.1, 0.15) is 0 Å². The number of aromatic nitrogens is 1. The summed E-state index contributed by atoms with van der Waals surface area (Å²) in [6.07, 6.45) is 1.90. The minimum Gasteiger partial charge on any atom is -0.471 e. The normalized spacial score (nSPS) is 9.00. The number of aromatic amines is 1. The van der Waals surface area contributed by atoms with Crippen LogP contribution in [0.3, 0.4) is 0 Å². The third kappa shape index (κ3) is 2.78. The lowest BCUT2D eigenvalue weighted by Crippen LogP contribution is -1.68. The van der Waals surface area contributed by atoms with Crippen molar-refractivity contribution in [3.8, 4) is 0 Å². The first-order chi connectivity index (χ1) is 6.77. The van der Waals surface area contributed by atoms with Crippen LogP contribution in [0.2, 0.25) is 5.02 Å². The van der Waals surface area contributed by atoms with Gasteiger partial charge in [0.05, 0.1) is 7.11 Å². The number of rotatable bonds is 1. The van der Waals surface area contributed by atoms with E-state index in [1.165, 1.54) is 12.5 Å². The quantitative estimate of drug-likeness (QED) is 0.737. The van der Waals surface area contributed by atoms with E-state index >= 15 is 0 Å². The van der Waals surface area contributed by atoms with Gasteiger partial charge in [-0.05, 0) is 23.6 Å². The molecule has 0 aliphatic rings. The lowest BCUT2D eigenvalue weighted by molar-refractivity contribution is -0.126. The van der Waals surface area contributed by atoms with Crippen LogP contribution < -0.4 is 0 Å². The van der Waals surface area contributed by atoms with Gasteiger partial charge in [0.25, 0.3) is 6.47 Å². The molecule has 74 valence electrons. The van der Waals surface area contributed by atoms with Gasteiger partial charge in [0, 0.05) is 16.7 Å². The lowest BCUT2D eigenvalue weighted by Gasteiger charge is -1.88. The summed E-state index contributed by atoms with van der Waals surface area (Å²) in [5.41, 5.74) is 1.09. The highest BCUT2D eigenvalue weighted by molar-refractivity contribution is 6.31. The fraction of sp³-hybridized carbons (Fsp3) is 0.100. The highest BCUT2D eigenvalue weighted by atomic mass is 35.5. The van der Waals surface area contributed by atoms with E-state index in [-0.39, 0.29) is 0 Å². The number of benzene rings is 1. The number of ether oxygens (including phenoxy) is 1. The zero-order valence-electron chi connectivity index (χ0n) is 7.66. The zero-order chi connectivity index (χ0) is 10.4. The lowest BCUT2D eigenvalue weighted by atomic mass is 10.2. The third-order valence-corrected chi connectivity index (χ3v) is 1.85. The number of methoxy groups -OCH3 is 1. The molecule has 1 N–H and O–H groups in total. The molecule has 0 bridgehead atoms. The molecule has 0 radical (unpaired) electrons. The predicted molar refractivity (Wildman–Crippen MR) is 56.4 cm³/mol. The molecule has 2 aromatic rings. The number of hydrogen-bond acceptors (Lipinski definition) is 2. The largest absolute Gasteiger partial charge is 0.471 e. The second-order valence-corrected chi connectivity index (χ2v) is 2.98. The SMILES string of the molecule is COC=O.Clc1ccc2cc[nH]c2c1. The number of carbonyl (C=O) groups is 1. The molecule has 0 spiro atoms. The van der Waals surface area contributed by atoms with Crippen molar-refractivity contribution in [3.05, 3.63) is 35.5 Å². The van der Waals surface area contributed by atoms with E-state index in [1.54, 1.807) is 0 Å². The monoisotopic (exact) mass is 211 g/mol. The molecule has 3 nitrogen and oxygen atoms in total. The van der Waals surface area contributed by atoms with E-state index in [9.17, 15) is 0 Å². The minimum absolute atomic E-state index is 0.375. The molecule has 0 saturated heterocycles. The summed E-state index contributed by atoms with van der Waals surface area (Å²) >= 11 is 5.76. The van der Waals surface area contributed by atoms with Gasteiger partial charge in [-0.25, -0.2) is 0 Å². The highest BCUT2D eigenvalue weighted by Gasteiger charge is 1.92. The molecule has 4 heteroatoms. The molecular weight excluding hydrogens is 202 g/mol. The summed E-state index contributed by atoms with van der Waals surface area (Å²) in [6.45, 7) is 0.375. The van der Waals surface area contributed by atoms with Crippen molar-refractivity contribution in [1.29, 1.82) is 0 Å². The first kappa shape index (κ1) is 10.6. The zero-order valence-corrected chi connectivity index (χ0v) is 8.41. The van der Waals surface area contributed by atoms with Crippen LogP contribution in [0, 0.1) is 0 Å². The summed E-state index contributed by atoms with van der Waals surface area (Å²) in [5, 5.41) is 1.97. The van der Waals surface area contributed by atoms with Crippen molar-refractivity contribution in [3.63, 3.8) is 0 Å². The van der Waals surface area contributed by atoms with Gasteiger partial charge < -0.3 is 9.72 Å². The van der Waals surface area contributed by atoms with Crippen LogP contribution in [0.25, 0.3) is 10.9 Å². The Balaban J connectivity index is 0.000000213. The number of fused-ring (bicyclic) bond motifs is 1. The average Bonchev–Trinajstić information content (AvgIpc) is 2.65. The molecule has 0 atom stereocenters. The first-order valence-corrected chi connectivity index (χ1v) is 4.35. The summed E-state index contributed by atoms with van der Waals surface area (Å²) in [6, 6.07) is 7.81. The van der Waals surface area contributed by atoms with Crippen LogP contribution in [-0.4, -0.2) is 18.6 Å². The van der Waals surface area contributed by atoms with Crippen LogP contribution in [0.15, 0.2) is 30.5 Å². The van der Waals surface area contributed by atoms with Crippen molar-refractivity contribution in [2.75, 3.05) is 7.11 Å². The molecule has 0 aliphatic heterocycles. The Morgan fingerprint density at radius 3 is 2.79 bits per heavy atom. The van der Waals surface area contributed by atoms with Crippen molar-refractivity contribution in [2.24, 2.45) is 0 Å². The number of hydrogen-bond donors (Lipinski definition) is 1. The van der Waals surface area contributed by atoms with E-state index in [0.717, 1.165) is 10.5 Å². The number of halogens is 1. The average molecular weight is 212 g/mol. The van der Waals surface area contributed by atoms with Crippen molar-refractivity contribution < 1.29 is 9.53 Å². The molecule has 2 rings (SSSR count). The van der Waals surface area contributed by atoms with Gasteiger partial charge >= 0.3 is 0 Å². The minimum atomic E-state index is 0.375. The fourth-order valence-corrected chi connectivity index (χ4v) is 1.19. The van der Waals surface area contributed by atoms with Gasteiger partial charge in [-0.3, -0.25) is 4.79 Å². The molecule has 1 aromatic carbocycles. The Kier molecular flexibility index (Phi) is 4.01. The standard InChI is InChI=1S/C8H6ClN.C2H4O2/c9-7-2-1-6-3-4-10-8(6)5-7;1-4-2-3/h1-5,10H;2H,1H3. The van der Waals surface area contributed by atoms with E-state index in [1.807, 2.05) is 30.5 Å². The molecule has 0 fully saturated rings. The number of carbonyl (C=O) groups excluding carboxylic acids is 1. The number of nitrogens with one attached hydrogen (secondary N) is 1. The molecule has 0 aliphatic carbocycles. The Labute approximate surface area is 86.6 Å². The molecule has 1 heterocycles. The van der Waals surface area contributed by atoms with E-state index in [2.05, 4.69) is 9.72 Å². The van der Waals surface area contributed by atoms with Gasteiger partial charge in [0.2, 0.25) is 0 Å². The molecular formula is C10H10ClNO2. The number of H-pyrrole nitrogens is 1. The van der Waals surface area contributed by atoms with Crippen LogP contribution >= 0.6 is 11.6 Å². The van der Waals surface area contributed by atoms with Crippen molar-refractivity contribution >= 4 is 29.0 Å². The van der Waals surface area contributed by atoms with Crippen LogP contribution in [0.5, 0.6) is 0 Å². The summed E-state index contributed by atoms with van der Waals surface area (Å²) in [5.74, 6) is 0. The third-order valence-electron chi connectivity index (χ3n) is 1.61. The second-order valence-electron chi connectivity index (χ2n) is 2.54. The molecule has 0 saturated carbocycles. The van der Waals surface area contributed by atoms with Gasteiger partial charge in [-0.2, -0.15) is 0 Å². The van der Waals surface area contributed by atoms with Crippen LogP contribution in [0.1, 0.15) is 0 Å². The van der Waals surface area contributed by atoms with E-state index < -0.39 is 0 Å². The Morgan fingerprint density at radius 1 is 1.43 bits per heavy atom. The van der Waals surface area contributed by atoms with Gasteiger partial charge in [-0.15, -0.1) is 0 Å².